The van der Waals surface area contributed by atoms with Crippen LogP contribution in [0.5, 0.6) is 0 Å². The number of rotatable bonds is 6. The van der Waals surface area contributed by atoms with Crippen molar-refractivity contribution in [2.45, 2.75) is 51.6 Å². The van der Waals surface area contributed by atoms with Crippen LogP contribution in [0.25, 0.3) is 0 Å². The van der Waals surface area contributed by atoms with E-state index >= 15 is 0 Å². The molecule has 0 aliphatic rings. The molecule has 0 saturated carbocycles. The number of nitrogens with one attached hydrogen (secondary N) is 1. The highest BCUT2D eigenvalue weighted by molar-refractivity contribution is 5.81. The fraction of sp³-hybridized carbons (Fsp3) is 0.364. The molecule has 0 unspecified atom stereocenters. The molecule has 10 heteroatoms. The van der Waals surface area contributed by atoms with E-state index in [1.165, 1.54) is 0 Å². The van der Waals surface area contributed by atoms with E-state index in [9.17, 15) is 31.5 Å². The first-order valence-electron chi connectivity index (χ1n) is 9.51. The summed E-state index contributed by atoms with van der Waals surface area (Å²) in [6.45, 7) is 4.59. The summed E-state index contributed by atoms with van der Waals surface area (Å²) in [6.07, 6.45) is -6.76. The largest absolute Gasteiger partial charge is 0.459 e. The average molecular weight is 459 g/mol. The number of carbonyl (C=O) groups is 2. The van der Waals surface area contributed by atoms with E-state index < -0.39 is 53.5 Å². The van der Waals surface area contributed by atoms with E-state index in [1.807, 2.05) is 0 Å². The van der Waals surface area contributed by atoms with Crippen LogP contribution >= 0.6 is 0 Å². The molecule has 2 aromatic rings. The first kappa shape index (κ1) is 25.1. The molecule has 174 valence electrons. The van der Waals surface area contributed by atoms with Crippen molar-refractivity contribution in [3.8, 4) is 0 Å². The molecule has 0 bridgehead atoms. The Hall–Kier alpha value is -3.17. The maximum absolute atomic E-state index is 13.9. The molecular formula is C22H22F5NO4. The van der Waals surface area contributed by atoms with E-state index in [0.29, 0.717) is 17.7 Å². The third-order valence-corrected chi connectivity index (χ3v) is 4.02. The fourth-order valence-electron chi connectivity index (χ4n) is 2.72. The standard InChI is InChI=1S/C22H22F5NO4/c1-21(2,3)32-20(30)28-17(19(29)31-12-13-7-5-4-6-8-13)11-14-9-15(23)18(16(24)10-14)22(25,26)27/h4-10,17H,11-12H2,1-3H3,(H,28,30)/t17-/m0/s1. The highest BCUT2D eigenvalue weighted by Crippen LogP contribution is 2.34. The first-order chi connectivity index (χ1) is 14.8. The van der Waals surface area contributed by atoms with Crippen LogP contribution < -0.4 is 5.32 Å². The molecule has 2 aromatic carbocycles. The molecule has 0 aliphatic carbocycles. The second-order valence-electron chi connectivity index (χ2n) is 7.93. The van der Waals surface area contributed by atoms with Crippen LogP contribution in [0.4, 0.5) is 26.7 Å². The van der Waals surface area contributed by atoms with Crippen molar-refractivity contribution in [1.29, 1.82) is 0 Å². The van der Waals surface area contributed by atoms with Crippen molar-refractivity contribution < 1.29 is 41.0 Å². The molecule has 0 aromatic heterocycles. The van der Waals surface area contributed by atoms with E-state index in [1.54, 1.807) is 51.1 Å². The Kier molecular flexibility index (Phi) is 7.82. The summed E-state index contributed by atoms with van der Waals surface area (Å²) < 4.78 is 76.5. The Morgan fingerprint density at radius 1 is 0.969 bits per heavy atom. The lowest BCUT2D eigenvalue weighted by molar-refractivity contribution is -0.147. The molecule has 1 N–H and O–H groups in total. The van der Waals surface area contributed by atoms with Gasteiger partial charge in [-0.25, -0.2) is 18.4 Å². The first-order valence-corrected chi connectivity index (χ1v) is 9.51. The summed E-state index contributed by atoms with van der Waals surface area (Å²) in [5.74, 6) is -4.62. The van der Waals surface area contributed by atoms with E-state index in [2.05, 4.69) is 5.32 Å². The molecule has 0 aliphatic heterocycles. The summed E-state index contributed by atoms with van der Waals surface area (Å²) in [5, 5.41) is 2.24. The molecule has 0 spiro atoms. The Balaban J connectivity index is 2.23. The number of ether oxygens (including phenoxy) is 2. The second kappa shape index (κ2) is 9.97. The van der Waals surface area contributed by atoms with Crippen LogP contribution in [0.3, 0.4) is 0 Å². The van der Waals surface area contributed by atoms with Gasteiger partial charge in [0, 0.05) is 6.42 Å². The van der Waals surface area contributed by atoms with Crippen LogP contribution in [0.2, 0.25) is 0 Å². The van der Waals surface area contributed by atoms with Gasteiger partial charge in [0.2, 0.25) is 0 Å². The molecule has 0 fully saturated rings. The van der Waals surface area contributed by atoms with E-state index in [0.717, 1.165) is 0 Å². The van der Waals surface area contributed by atoms with Gasteiger partial charge in [-0.2, -0.15) is 13.2 Å². The number of alkyl carbamates (subject to hydrolysis) is 1. The quantitative estimate of drug-likeness (QED) is 0.479. The SMILES string of the molecule is CC(C)(C)OC(=O)N[C@@H](Cc1cc(F)c(C(F)(F)F)c(F)c1)C(=O)OCc1ccccc1. The van der Waals surface area contributed by atoms with Crippen molar-refractivity contribution in [3.63, 3.8) is 0 Å². The van der Waals surface area contributed by atoms with Gasteiger partial charge in [0.1, 0.15) is 35.4 Å². The van der Waals surface area contributed by atoms with Gasteiger partial charge in [0.25, 0.3) is 0 Å². The van der Waals surface area contributed by atoms with Crippen molar-refractivity contribution in [2.75, 3.05) is 0 Å². The van der Waals surface area contributed by atoms with E-state index in [4.69, 9.17) is 9.47 Å². The normalized spacial score (nSPS) is 12.8. The average Bonchev–Trinajstić information content (AvgIpc) is 2.63. The minimum atomic E-state index is -5.23. The summed E-state index contributed by atoms with van der Waals surface area (Å²) in [5.41, 5.74) is -2.59. The third kappa shape index (κ3) is 7.51. The number of amides is 1. The number of hydrogen-bond donors (Lipinski definition) is 1. The Morgan fingerprint density at radius 3 is 2.03 bits per heavy atom. The fourth-order valence-corrected chi connectivity index (χ4v) is 2.72. The van der Waals surface area contributed by atoms with Crippen LogP contribution in [-0.2, 0) is 33.5 Å². The van der Waals surface area contributed by atoms with Crippen LogP contribution in [0, 0.1) is 11.6 Å². The molecule has 2 rings (SSSR count). The van der Waals surface area contributed by atoms with Gasteiger partial charge in [-0.15, -0.1) is 0 Å². The van der Waals surface area contributed by atoms with Crippen LogP contribution in [0.15, 0.2) is 42.5 Å². The molecule has 5 nitrogen and oxygen atoms in total. The van der Waals surface area contributed by atoms with Gasteiger partial charge in [-0.3, -0.25) is 0 Å². The molecule has 1 amide bonds. The van der Waals surface area contributed by atoms with Gasteiger partial charge >= 0.3 is 18.2 Å². The maximum atomic E-state index is 13.9. The highest BCUT2D eigenvalue weighted by atomic mass is 19.4. The lowest BCUT2D eigenvalue weighted by Crippen LogP contribution is -2.45. The molecule has 0 heterocycles. The maximum Gasteiger partial charge on any atom is 0.422 e. The molecule has 0 radical (unpaired) electrons. The number of alkyl halides is 3. The molecular weight excluding hydrogens is 437 g/mol. The number of benzene rings is 2. The Morgan fingerprint density at radius 2 is 1.53 bits per heavy atom. The van der Waals surface area contributed by atoms with Crippen LogP contribution in [-0.4, -0.2) is 23.7 Å². The van der Waals surface area contributed by atoms with Crippen molar-refractivity contribution in [2.24, 2.45) is 0 Å². The van der Waals surface area contributed by atoms with Crippen molar-refractivity contribution in [3.05, 3.63) is 70.8 Å². The number of halogens is 5. The lowest BCUT2D eigenvalue weighted by Gasteiger charge is -2.23. The number of hydrogen-bond acceptors (Lipinski definition) is 4. The Labute approximate surface area is 181 Å². The minimum Gasteiger partial charge on any atom is -0.459 e. The third-order valence-electron chi connectivity index (χ3n) is 4.02. The summed E-state index contributed by atoms with van der Waals surface area (Å²) in [6, 6.07) is 8.01. The molecule has 32 heavy (non-hydrogen) atoms. The summed E-state index contributed by atoms with van der Waals surface area (Å²) in [7, 11) is 0. The zero-order valence-electron chi connectivity index (χ0n) is 17.6. The zero-order chi connectivity index (χ0) is 24.1. The minimum absolute atomic E-state index is 0.151. The smallest absolute Gasteiger partial charge is 0.422 e. The topological polar surface area (TPSA) is 64.6 Å². The summed E-state index contributed by atoms with van der Waals surface area (Å²) >= 11 is 0. The van der Waals surface area contributed by atoms with Crippen LogP contribution in [0.1, 0.15) is 37.5 Å². The number of esters is 1. The van der Waals surface area contributed by atoms with Gasteiger partial charge in [-0.1, -0.05) is 30.3 Å². The summed E-state index contributed by atoms with van der Waals surface area (Å²) in [4.78, 5) is 24.7. The monoisotopic (exact) mass is 459 g/mol. The molecule has 1 atom stereocenters. The van der Waals surface area contributed by atoms with Crippen molar-refractivity contribution in [1.82, 2.24) is 5.32 Å². The van der Waals surface area contributed by atoms with Crippen molar-refractivity contribution >= 4 is 12.1 Å². The van der Waals surface area contributed by atoms with Gasteiger partial charge in [-0.05, 0) is 44.0 Å². The van der Waals surface area contributed by atoms with Gasteiger partial charge in [0.05, 0.1) is 0 Å². The predicted molar refractivity (Wildman–Crippen MR) is 104 cm³/mol. The van der Waals surface area contributed by atoms with Gasteiger partial charge < -0.3 is 14.8 Å². The predicted octanol–water partition coefficient (Wildman–Crippen LogP) is 5.16. The molecule has 0 saturated heterocycles. The second-order valence-corrected chi connectivity index (χ2v) is 7.93. The Bertz CT molecular complexity index is 932. The van der Waals surface area contributed by atoms with E-state index in [-0.39, 0.29) is 12.2 Å². The highest BCUT2D eigenvalue weighted by Gasteiger charge is 2.38. The number of carbonyl (C=O) groups excluding carboxylic acids is 2. The lowest BCUT2D eigenvalue weighted by atomic mass is 10.0. The zero-order valence-corrected chi connectivity index (χ0v) is 17.6. The van der Waals surface area contributed by atoms with Gasteiger partial charge in [0.15, 0.2) is 0 Å².